The fraction of sp³-hybridized carbons (Fsp3) is 0.667. The molecule has 4 rings (SSSR count). The number of nitrogens with one attached hydrogen (secondary N) is 2. The Bertz CT molecular complexity index is 754. The van der Waals surface area contributed by atoms with Crippen LogP contribution in [-0.2, 0) is 16.0 Å². The van der Waals surface area contributed by atoms with Crippen molar-refractivity contribution < 1.29 is 9.59 Å². The largest absolute Gasteiger partial charge is 0.374 e. The van der Waals surface area contributed by atoms with E-state index >= 15 is 0 Å². The first-order valence-corrected chi connectivity index (χ1v) is 11.8. The molecule has 1 aromatic carbocycles. The summed E-state index contributed by atoms with van der Waals surface area (Å²) >= 11 is 0. The number of likely N-dealkylation sites (tertiary alicyclic amines) is 1. The number of carbonyl (C=O) groups excluding carboxylic acids is 2. The van der Waals surface area contributed by atoms with Crippen LogP contribution in [0.2, 0.25) is 0 Å². The Labute approximate surface area is 180 Å². The van der Waals surface area contributed by atoms with Crippen molar-refractivity contribution in [2.75, 3.05) is 38.1 Å². The van der Waals surface area contributed by atoms with E-state index in [1.54, 1.807) is 0 Å². The molecule has 1 saturated heterocycles. The molecule has 6 heteroatoms. The van der Waals surface area contributed by atoms with E-state index in [2.05, 4.69) is 45.7 Å². The van der Waals surface area contributed by atoms with Gasteiger partial charge in [-0.25, -0.2) is 0 Å². The first-order valence-electron chi connectivity index (χ1n) is 11.8. The number of rotatable bonds is 5. The van der Waals surface area contributed by atoms with Crippen LogP contribution in [0.4, 0.5) is 5.69 Å². The zero-order chi connectivity index (χ0) is 20.9. The quantitative estimate of drug-likeness (QED) is 0.730. The molecule has 2 fully saturated rings. The molecular formula is C24H36N4O2. The maximum atomic E-state index is 12.5. The summed E-state index contributed by atoms with van der Waals surface area (Å²) in [6.07, 6.45) is 10.1. The van der Waals surface area contributed by atoms with Crippen LogP contribution in [0.5, 0.6) is 0 Å². The van der Waals surface area contributed by atoms with E-state index in [4.69, 9.17) is 0 Å². The highest BCUT2D eigenvalue weighted by Gasteiger charge is 2.27. The average Bonchev–Trinajstić information content (AvgIpc) is 3.29. The van der Waals surface area contributed by atoms with E-state index < -0.39 is 11.8 Å². The van der Waals surface area contributed by atoms with Crippen LogP contribution >= 0.6 is 0 Å². The molecule has 1 atom stereocenters. The summed E-state index contributed by atoms with van der Waals surface area (Å²) in [6, 6.07) is 7.03. The molecule has 1 aliphatic carbocycles. The molecule has 1 saturated carbocycles. The van der Waals surface area contributed by atoms with E-state index in [1.165, 1.54) is 42.5 Å². The van der Waals surface area contributed by atoms with Crippen molar-refractivity contribution >= 4 is 17.5 Å². The van der Waals surface area contributed by atoms with Crippen molar-refractivity contribution in [1.29, 1.82) is 0 Å². The first kappa shape index (κ1) is 21.2. The molecule has 0 radical (unpaired) electrons. The summed E-state index contributed by atoms with van der Waals surface area (Å²) in [4.78, 5) is 29.6. The Balaban J connectivity index is 1.41. The molecule has 30 heavy (non-hydrogen) atoms. The van der Waals surface area contributed by atoms with E-state index in [-0.39, 0.29) is 12.1 Å². The number of fused-ring (bicyclic) bond motifs is 1. The van der Waals surface area contributed by atoms with Crippen LogP contribution in [0.15, 0.2) is 18.2 Å². The lowest BCUT2D eigenvalue weighted by atomic mass is 9.95. The van der Waals surface area contributed by atoms with Gasteiger partial charge in [0.25, 0.3) is 0 Å². The second-order valence-electron chi connectivity index (χ2n) is 9.19. The van der Waals surface area contributed by atoms with Gasteiger partial charge in [0.2, 0.25) is 0 Å². The Morgan fingerprint density at radius 1 is 1.00 bits per heavy atom. The molecule has 6 nitrogen and oxygen atoms in total. The summed E-state index contributed by atoms with van der Waals surface area (Å²) in [7, 11) is 2.15. The Hall–Kier alpha value is -2.08. The number of hydrogen-bond donors (Lipinski definition) is 2. The SMILES string of the molecule is CN1CCCc2cc([C@@H](CNC(=O)C(=O)NC3CCCCC3)N3CCCC3)ccc21. The maximum Gasteiger partial charge on any atom is 0.309 e. The van der Waals surface area contributed by atoms with Gasteiger partial charge in [-0.1, -0.05) is 31.4 Å². The highest BCUT2D eigenvalue weighted by molar-refractivity contribution is 6.35. The minimum absolute atomic E-state index is 0.122. The van der Waals surface area contributed by atoms with E-state index in [9.17, 15) is 9.59 Å². The van der Waals surface area contributed by atoms with Crippen LogP contribution in [0, 0.1) is 0 Å². The second-order valence-corrected chi connectivity index (χ2v) is 9.19. The van der Waals surface area contributed by atoms with Gasteiger partial charge in [-0.15, -0.1) is 0 Å². The first-order chi connectivity index (χ1) is 14.6. The minimum atomic E-state index is -0.498. The van der Waals surface area contributed by atoms with Gasteiger partial charge in [0.15, 0.2) is 0 Å². The lowest BCUT2D eigenvalue weighted by Crippen LogP contribution is -2.47. The van der Waals surface area contributed by atoms with Crippen LogP contribution in [0.25, 0.3) is 0 Å². The smallest absolute Gasteiger partial charge is 0.309 e. The molecule has 0 spiro atoms. The predicted octanol–water partition coefficient (Wildman–Crippen LogP) is 2.77. The van der Waals surface area contributed by atoms with E-state index in [0.29, 0.717) is 6.54 Å². The topological polar surface area (TPSA) is 64.7 Å². The second kappa shape index (κ2) is 9.82. The van der Waals surface area contributed by atoms with Gasteiger partial charge in [0.05, 0.1) is 6.04 Å². The van der Waals surface area contributed by atoms with Gasteiger partial charge in [-0.05, 0) is 68.8 Å². The third-order valence-electron chi connectivity index (χ3n) is 7.02. The molecule has 0 aromatic heterocycles. The van der Waals surface area contributed by atoms with Crippen molar-refractivity contribution in [3.05, 3.63) is 29.3 Å². The van der Waals surface area contributed by atoms with Crippen LogP contribution in [0.3, 0.4) is 0 Å². The minimum Gasteiger partial charge on any atom is -0.374 e. The molecular weight excluding hydrogens is 376 g/mol. The Kier molecular flexibility index (Phi) is 6.93. The zero-order valence-electron chi connectivity index (χ0n) is 18.3. The maximum absolute atomic E-state index is 12.5. The number of amides is 2. The van der Waals surface area contributed by atoms with Crippen molar-refractivity contribution in [1.82, 2.24) is 15.5 Å². The lowest BCUT2D eigenvalue weighted by Gasteiger charge is -2.32. The number of hydrogen-bond acceptors (Lipinski definition) is 4. The number of anilines is 1. The van der Waals surface area contributed by atoms with Crippen LogP contribution in [0.1, 0.15) is 68.5 Å². The lowest BCUT2D eigenvalue weighted by molar-refractivity contribution is -0.139. The molecule has 3 aliphatic rings. The van der Waals surface area contributed by atoms with Crippen molar-refractivity contribution in [2.24, 2.45) is 0 Å². The third-order valence-corrected chi connectivity index (χ3v) is 7.02. The van der Waals surface area contributed by atoms with Crippen molar-refractivity contribution in [3.63, 3.8) is 0 Å². The molecule has 0 unspecified atom stereocenters. The highest BCUT2D eigenvalue weighted by Crippen LogP contribution is 2.31. The van der Waals surface area contributed by atoms with E-state index in [1.807, 2.05) is 0 Å². The van der Waals surface area contributed by atoms with Gasteiger partial charge in [0.1, 0.15) is 0 Å². The van der Waals surface area contributed by atoms with Crippen LogP contribution in [-0.4, -0.2) is 56.0 Å². The van der Waals surface area contributed by atoms with Gasteiger partial charge >= 0.3 is 11.8 Å². The van der Waals surface area contributed by atoms with Gasteiger partial charge < -0.3 is 15.5 Å². The fourth-order valence-corrected chi connectivity index (χ4v) is 5.29. The third kappa shape index (κ3) is 4.97. The van der Waals surface area contributed by atoms with Crippen molar-refractivity contribution in [2.45, 2.75) is 69.9 Å². The highest BCUT2D eigenvalue weighted by atomic mass is 16.2. The molecule has 2 amide bonds. The van der Waals surface area contributed by atoms with Crippen LogP contribution < -0.4 is 15.5 Å². The van der Waals surface area contributed by atoms with Crippen molar-refractivity contribution in [3.8, 4) is 0 Å². The van der Waals surface area contributed by atoms with Gasteiger partial charge in [0, 0.05) is 31.9 Å². The average molecular weight is 413 g/mol. The summed E-state index contributed by atoms with van der Waals surface area (Å²) in [5.41, 5.74) is 3.96. The molecule has 2 heterocycles. The Morgan fingerprint density at radius 3 is 2.53 bits per heavy atom. The standard InChI is InChI=1S/C24H36N4O2/c1-27-13-7-8-18-16-19(11-12-21(18)27)22(28-14-5-6-15-28)17-25-23(29)24(30)26-20-9-3-2-4-10-20/h11-12,16,20,22H,2-10,13-15,17H2,1H3,(H,25,29)(H,26,30)/t22-/m1/s1. The fourth-order valence-electron chi connectivity index (χ4n) is 5.29. The normalized spacial score (nSPS) is 21.2. The summed E-state index contributed by atoms with van der Waals surface area (Å²) in [5.74, 6) is -0.975. The molecule has 0 bridgehead atoms. The van der Waals surface area contributed by atoms with Gasteiger partial charge in [-0.3, -0.25) is 14.5 Å². The predicted molar refractivity (Wildman–Crippen MR) is 120 cm³/mol. The van der Waals surface area contributed by atoms with Gasteiger partial charge in [-0.2, -0.15) is 0 Å². The van der Waals surface area contributed by atoms with E-state index in [0.717, 1.165) is 51.7 Å². The molecule has 1 aromatic rings. The number of nitrogens with zero attached hydrogens (tertiary/aromatic N) is 2. The molecule has 164 valence electrons. The molecule has 2 N–H and O–H groups in total. The monoisotopic (exact) mass is 412 g/mol. The summed E-state index contributed by atoms with van der Waals surface area (Å²) < 4.78 is 0. The molecule has 2 aliphatic heterocycles. The number of carbonyl (C=O) groups is 2. The summed E-state index contributed by atoms with van der Waals surface area (Å²) in [5, 5.41) is 5.86. The zero-order valence-corrected chi connectivity index (χ0v) is 18.3. The summed E-state index contributed by atoms with van der Waals surface area (Å²) in [6.45, 7) is 3.68. The Morgan fingerprint density at radius 2 is 1.77 bits per heavy atom. The number of aryl methyl sites for hydroxylation is 1. The number of benzene rings is 1.